The van der Waals surface area contributed by atoms with E-state index in [-0.39, 0.29) is 17.2 Å². The van der Waals surface area contributed by atoms with Gasteiger partial charge in [-0.25, -0.2) is 13.2 Å². The summed E-state index contributed by atoms with van der Waals surface area (Å²) in [5, 5.41) is 5.31. The van der Waals surface area contributed by atoms with Gasteiger partial charge >= 0.3 is 6.09 Å². The smallest absolute Gasteiger partial charge is 0.407 e. The molecule has 0 saturated carbocycles. The van der Waals surface area contributed by atoms with Crippen LogP contribution in [0, 0.1) is 0 Å². The standard InChI is InChI=1S/C20H32N4O5S/c1-20(2,3)29-19(26)21-10-6-9-18(25)22-16-7-5-8-17(15-16)30(27,28)24-13-11-23(4)12-14-24/h5,7-8,15H,6,9-14H2,1-4H3,(H,21,26)(H,22,25). The van der Waals surface area contributed by atoms with Gasteiger partial charge in [-0.2, -0.15) is 4.31 Å². The van der Waals surface area contributed by atoms with Gasteiger partial charge < -0.3 is 20.3 Å². The molecular weight excluding hydrogens is 408 g/mol. The van der Waals surface area contributed by atoms with Crippen molar-refractivity contribution in [2.45, 2.75) is 44.1 Å². The second-order valence-electron chi connectivity index (χ2n) is 8.32. The van der Waals surface area contributed by atoms with Crippen LogP contribution >= 0.6 is 0 Å². The minimum atomic E-state index is -3.60. The highest BCUT2D eigenvalue weighted by atomic mass is 32.2. The van der Waals surface area contributed by atoms with Crippen LogP contribution < -0.4 is 10.6 Å². The summed E-state index contributed by atoms with van der Waals surface area (Å²) in [4.78, 5) is 26.0. The predicted octanol–water partition coefficient (Wildman–Crippen LogP) is 1.87. The molecule has 2 rings (SSSR count). The second-order valence-corrected chi connectivity index (χ2v) is 10.3. The first kappa shape index (κ1) is 24.1. The maximum atomic E-state index is 12.8. The van der Waals surface area contributed by atoms with Crippen LogP contribution in [0.3, 0.4) is 0 Å². The van der Waals surface area contributed by atoms with Crippen molar-refractivity contribution in [3.63, 3.8) is 0 Å². The third-order valence-corrected chi connectivity index (χ3v) is 6.36. The fourth-order valence-electron chi connectivity index (χ4n) is 2.89. The van der Waals surface area contributed by atoms with Crippen LogP contribution in [0.15, 0.2) is 29.2 Å². The lowest BCUT2D eigenvalue weighted by atomic mass is 10.2. The average Bonchev–Trinajstić information content (AvgIpc) is 2.64. The van der Waals surface area contributed by atoms with E-state index in [0.717, 1.165) is 0 Å². The van der Waals surface area contributed by atoms with E-state index in [1.54, 1.807) is 32.9 Å². The van der Waals surface area contributed by atoms with Crippen molar-refractivity contribution in [3.8, 4) is 0 Å². The zero-order valence-electron chi connectivity index (χ0n) is 18.1. The largest absolute Gasteiger partial charge is 0.444 e. The lowest BCUT2D eigenvalue weighted by molar-refractivity contribution is -0.116. The Bertz CT molecular complexity index is 843. The van der Waals surface area contributed by atoms with Crippen LogP contribution in [0.1, 0.15) is 33.6 Å². The third-order valence-electron chi connectivity index (χ3n) is 4.47. The topological polar surface area (TPSA) is 108 Å². The van der Waals surface area contributed by atoms with Crippen molar-refractivity contribution < 1.29 is 22.7 Å². The Morgan fingerprint density at radius 2 is 1.80 bits per heavy atom. The lowest BCUT2D eigenvalue weighted by Gasteiger charge is -2.31. The minimum Gasteiger partial charge on any atom is -0.444 e. The number of nitrogens with zero attached hydrogens (tertiary/aromatic N) is 2. The second kappa shape index (κ2) is 10.2. The fraction of sp³-hybridized carbons (Fsp3) is 0.600. The number of sulfonamides is 1. The first-order chi connectivity index (χ1) is 14.0. The van der Waals surface area contributed by atoms with Crippen molar-refractivity contribution in [1.29, 1.82) is 0 Å². The van der Waals surface area contributed by atoms with Crippen molar-refractivity contribution in [2.24, 2.45) is 0 Å². The van der Waals surface area contributed by atoms with E-state index in [4.69, 9.17) is 4.74 Å². The maximum Gasteiger partial charge on any atom is 0.407 e. The summed E-state index contributed by atoms with van der Waals surface area (Å²) in [5.74, 6) is -0.255. The van der Waals surface area contributed by atoms with Crippen LogP contribution in [0.5, 0.6) is 0 Å². The number of carbonyl (C=O) groups excluding carboxylic acids is 2. The van der Waals surface area contributed by atoms with E-state index in [2.05, 4.69) is 15.5 Å². The zero-order chi connectivity index (χ0) is 22.4. The van der Waals surface area contributed by atoms with Crippen molar-refractivity contribution in [2.75, 3.05) is 45.1 Å². The molecule has 2 amide bonds. The van der Waals surface area contributed by atoms with Crippen molar-refractivity contribution in [1.82, 2.24) is 14.5 Å². The number of piperazine rings is 1. The van der Waals surface area contributed by atoms with Crippen molar-refractivity contribution in [3.05, 3.63) is 24.3 Å². The summed E-state index contributed by atoms with van der Waals surface area (Å²) < 4.78 is 32.3. The number of amides is 2. The van der Waals surface area contributed by atoms with E-state index in [1.807, 2.05) is 7.05 Å². The number of likely N-dealkylation sites (N-methyl/N-ethyl adjacent to an activating group) is 1. The number of hydrogen-bond acceptors (Lipinski definition) is 6. The number of rotatable bonds is 7. The molecule has 0 spiro atoms. The Kier molecular flexibility index (Phi) is 8.22. The van der Waals surface area contributed by atoms with Gasteiger partial charge in [0.15, 0.2) is 0 Å². The molecule has 0 unspecified atom stereocenters. The predicted molar refractivity (Wildman–Crippen MR) is 115 cm³/mol. The van der Waals surface area contributed by atoms with Gasteiger partial charge in [-0.05, 0) is 52.4 Å². The van der Waals surface area contributed by atoms with E-state index in [0.29, 0.717) is 44.8 Å². The summed E-state index contributed by atoms with van der Waals surface area (Å²) in [7, 11) is -1.63. The quantitative estimate of drug-likeness (QED) is 0.627. The number of nitrogens with one attached hydrogen (secondary N) is 2. The fourth-order valence-corrected chi connectivity index (χ4v) is 4.36. The van der Waals surface area contributed by atoms with E-state index >= 15 is 0 Å². The van der Waals surface area contributed by atoms with Crippen LogP contribution in [0.25, 0.3) is 0 Å². The van der Waals surface area contributed by atoms with Crippen LogP contribution in [0.4, 0.5) is 10.5 Å². The van der Waals surface area contributed by atoms with Gasteiger partial charge in [0, 0.05) is 44.8 Å². The van der Waals surface area contributed by atoms with Gasteiger partial charge in [0.05, 0.1) is 4.90 Å². The monoisotopic (exact) mass is 440 g/mol. The summed E-state index contributed by atoms with van der Waals surface area (Å²) >= 11 is 0. The highest BCUT2D eigenvalue weighted by molar-refractivity contribution is 7.89. The SMILES string of the molecule is CN1CCN(S(=O)(=O)c2cccc(NC(=O)CCCNC(=O)OC(C)(C)C)c2)CC1. The molecule has 2 N–H and O–H groups in total. The zero-order valence-corrected chi connectivity index (χ0v) is 18.9. The van der Waals surface area contributed by atoms with Gasteiger partial charge in [0.2, 0.25) is 15.9 Å². The highest BCUT2D eigenvalue weighted by Gasteiger charge is 2.27. The number of anilines is 1. The Morgan fingerprint density at radius 3 is 2.43 bits per heavy atom. The van der Waals surface area contributed by atoms with Crippen LogP contribution in [-0.4, -0.2) is 75.0 Å². The molecular formula is C20H32N4O5S. The van der Waals surface area contributed by atoms with Gasteiger partial charge in [-0.15, -0.1) is 0 Å². The minimum absolute atomic E-state index is 0.163. The summed E-state index contributed by atoms with van der Waals surface area (Å²) in [6, 6.07) is 6.28. The first-order valence-electron chi connectivity index (χ1n) is 10.0. The number of carbonyl (C=O) groups is 2. The number of benzene rings is 1. The molecule has 10 heteroatoms. The third kappa shape index (κ3) is 7.58. The lowest BCUT2D eigenvalue weighted by Crippen LogP contribution is -2.47. The Hall–Kier alpha value is -2.17. The number of hydrogen-bond donors (Lipinski definition) is 2. The van der Waals surface area contributed by atoms with Crippen molar-refractivity contribution >= 4 is 27.7 Å². The maximum absolute atomic E-state index is 12.8. The number of ether oxygens (including phenoxy) is 1. The molecule has 168 valence electrons. The van der Waals surface area contributed by atoms with Gasteiger partial charge in [0.1, 0.15) is 5.60 Å². The average molecular weight is 441 g/mol. The van der Waals surface area contributed by atoms with Gasteiger partial charge in [-0.1, -0.05) is 6.07 Å². The molecule has 0 atom stereocenters. The molecule has 9 nitrogen and oxygen atoms in total. The van der Waals surface area contributed by atoms with E-state index in [1.165, 1.54) is 16.4 Å². The van der Waals surface area contributed by atoms with E-state index in [9.17, 15) is 18.0 Å². The first-order valence-corrected chi connectivity index (χ1v) is 11.5. The molecule has 0 aromatic heterocycles. The molecule has 1 aliphatic heterocycles. The summed E-state index contributed by atoms with van der Waals surface area (Å²) in [5.41, 5.74) is -0.146. The molecule has 0 bridgehead atoms. The summed E-state index contributed by atoms with van der Waals surface area (Å²) in [6.07, 6.45) is 0.0972. The van der Waals surface area contributed by atoms with Gasteiger partial charge in [0.25, 0.3) is 0 Å². The van der Waals surface area contributed by atoms with Gasteiger partial charge in [-0.3, -0.25) is 4.79 Å². The normalized spacial score (nSPS) is 16.1. The van der Waals surface area contributed by atoms with Crippen LogP contribution in [-0.2, 0) is 19.6 Å². The molecule has 1 heterocycles. The molecule has 0 radical (unpaired) electrons. The molecule has 1 aromatic carbocycles. The molecule has 1 saturated heterocycles. The Labute approximate surface area is 178 Å². The molecule has 1 aliphatic rings. The molecule has 1 fully saturated rings. The Morgan fingerprint density at radius 1 is 1.13 bits per heavy atom. The summed E-state index contributed by atoms with van der Waals surface area (Å²) in [6.45, 7) is 7.90. The Balaban J connectivity index is 1.84. The number of alkyl carbamates (subject to hydrolysis) is 1. The molecule has 1 aromatic rings. The highest BCUT2D eigenvalue weighted by Crippen LogP contribution is 2.21. The van der Waals surface area contributed by atoms with Crippen LogP contribution in [0.2, 0.25) is 0 Å². The molecule has 0 aliphatic carbocycles. The van der Waals surface area contributed by atoms with E-state index < -0.39 is 21.7 Å². The molecule has 30 heavy (non-hydrogen) atoms.